The molecule has 0 aromatic carbocycles. The van der Waals surface area contributed by atoms with Crippen LogP contribution in [-0.4, -0.2) is 22.3 Å². The van der Waals surface area contributed by atoms with Crippen LogP contribution >= 0.6 is 0 Å². The topological polar surface area (TPSA) is 83.8 Å². The number of aliphatic carboxylic acids is 1. The van der Waals surface area contributed by atoms with Gasteiger partial charge in [-0.25, -0.2) is 4.79 Å². The van der Waals surface area contributed by atoms with E-state index < -0.39 is 28.2 Å². The molecule has 0 aliphatic rings. The summed E-state index contributed by atoms with van der Waals surface area (Å²) in [5, 5.41) is 18.0. The van der Waals surface area contributed by atoms with Crippen molar-refractivity contribution in [3.05, 3.63) is 0 Å². The Morgan fingerprint density at radius 1 is 1.00 bits per heavy atom. The van der Waals surface area contributed by atoms with E-state index in [9.17, 15) is 14.7 Å². The van der Waals surface area contributed by atoms with Gasteiger partial charge in [0.25, 0.3) is 0 Å². The molecule has 5 heteroatoms. The SMILES string of the molecule is CC(C)(C)C(CCCC(=O)OO)(C(=O)O)C(C)(C)C. The van der Waals surface area contributed by atoms with Crippen molar-refractivity contribution in [2.75, 3.05) is 0 Å². The lowest BCUT2D eigenvalue weighted by atomic mass is 9.52. The fourth-order valence-electron chi connectivity index (χ4n) is 3.17. The van der Waals surface area contributed by atoms with Crippen molar-refractivity contribution in [3.63, 3.8) is 0 Å². The molecule has 0 unspecified atom stereocenters. The fourth-order valence-corrected chi connectivity index (χ4v) is 3.17. The number of rotatable bonds is 5. The van der Waals surface area contributed by atoms with E-state index in [1.54, 1.807) is 0 Å². The molecular formula is C14H26O5. The number of hydrogen-bond donors (Lipinski definition) is 2. The predicted molar refractivity (Wildman–Crippen MR) is 71.6 cm³/mol. The van der Waals surface area contributed by atoms with Crippen LogP contribution in [0.25, 0.3) is 0 Å². The maximum absolute atomic E-state index is 11.9. The van der Waals surface area contributed by atoms with E-state index in [0.717, 1.165) is 0 Å². The van der Waals surface area contributed by atoms with Crippen LogP contribution in [0, 0.1) is 16.2 Å². The molecule has 0 bridgehead atoms. The third-order valence-corrected chi connectivity index (χ3v) is 3.96. The fraction of sp³-hybridized carbons (Fsp3) is 0.857. The zero-order valence-electron chi connectivity index (χ0n) is 12.7. The molecule has 0 atom stereocenters. The van der Waals surface area contributed by atoms with Crippen LogP contribution in [0.2, 0.25) is 0 Å². The lowest BCUT2D eigenvalue weighted by molar-refractivity contribution is -0.234. The normalized spacial score (nSPS) is 13.2. The molecule has 0 fully saturated rings. The molecule has 0 heterocycles. The van der Waals surface area contributed by atoms with Crippen LogP contribution < -0.4 is 0 Å². The van der Waals surface area contributed by atoms with Gasteiger partial charge in [-0.2, -0.15) is 5.26 Å². The Hall–Kier alpha value is -1.10. The Kier molecular flexibility index (Phi) is 5.56. The molecule has 0 aliphatic carbocycles. The van der Waals surface area contributed by atoms with E-state index in [1.165, 1.54) is 0 Å². The zero-order chi connectivity index (χ0) is 15.5. The zero-order valence-corrected chi connectivity index (χ0v) is 12.7. The first kappa shape index (κ1) is 17.9. The quantitative estimate of drug-likeness (QED) is 0.593. The maximum atomic E-state index is 11.9. The van der Waals surface area contributed by atoms with Gasteiger partial charge in [0.05, 0.1) is 5.41 Å². The highest BCUT2D eigenvalue weighted by atomic mass is 17.1. The van der Waals surface area contributed by atoms with Crippen LogP contribution in [0.5, 0.6) is 0 Å². The summed E-state index contributed by atoms with van der Waals surface area (Å²) >= 11 is 0. The first-order chi connectivity index (χ1) is 8.40. The number of carboxylic acid groups (broad SMARTS) is 1. The largest absolute Gasteiger partial charge is 0.481 e. The third kappa shape index (κ3) is 3.69. The molecule has 0 aliphatic heterocycles. The van der Waals surface area contributed by atoms with Gasteiger partial charge in [-0.3, -0.25) is 4.79 Å². The van der Waals surface area contributed by atoms with Gasteiger partial charge < -0.3 is 9.99 Å². The molecular weight excluding hydrogens is 248 g/mol. The van der Waals surface area contributed by atoms with Crippen LogP contribution in [0.3, 0.4) is 0 Å². The smallest absolute Gasteiger partial charge is 0.342 e. The van der Waals surface area contributed by atoms with Crippen molar-refractivity contribution < 1.29 is 24.8 Å². The van der Waals surface area contributed by atoms with E-state index in [1.807, 2.05) is 41.5 Å². The van der Waals surface area contributed by atoms with Gasteiger partial charge in [-0.15, -0.1) is 0 Å². The summed E-state index contributed by atoms with van der Waals surface area (Å²) in [4.78, 5) is 26.5. The van der Waals surface area contributed by atoms with E-state index in [-0.39, 0.29) is 6.42 Å². The molecule has 5 nitrogen and oxygen atoms in total. The van der Waals surface area contributed by atoms with Crippen LogP contribution in [-0.2, 0) is 14.5 Å². The minimum absolute atomic E-state index is 0.0116. The number of hydrogen-bond acceptors (Lipinski definition) is 4. The standard InChI is InChI=1S/C14H26O5/c1-12(2,3)14(11(16)17,13(4,5)6)9-7-8-10(15)19-18/h18H,7-9H2,1-6H3,(H,16,17). The van der Waals surface area contributed by atoms with E-state index in [0.29, 0.717) is 12.8 Å². The molecule has 0 radical (unpaired) electrons. The van der Waals surface area contributed by atoms with Crippen LogP contribution in [0.15, 0.2) is 0 Å². The average molecular weight is 274 g/mol. The highest BCUT2D eigenvalue weighted by molar-refractivity contribution is 5.77. The van der Waals surface area contributed by atoms with Gasteiger partial charge in [0.2, 0.25) is 0 Å². The van der Waals surface area contributed by atoms with E-state index in [4.69, 9.17) is 5.26 Å². The van der Waals surface area contributed by atoms with Crippen LogP contribution in [0.4, 0.5) is 0 Å². The van der Waals surface area contributed by atoms with Crippen molar-refractivity contribution in [1.82, 2.24) is 0 Å². The van der Waals surface area contributed by atoms with Gasteiger partial charge >= 0.3 is 11.9 Å². The summed E-state index contributed by atoms with van der Waals surface area (Å²) in [5.41, 5.74) is -1.88. The summed E-state index contributed by atoms with van der Waals surface area (Å²) < 4.78 is 0. The second-order valence-corrected chi connectivity index (χ2v) is 7.03. The van der Waals surface area contributed by atoms with Gasteiger partial charge in [-0.05, 0) is 23.7 Å². The monoisotopic (exact) mass is 274 g/mol. The van der Waals surface area contributed by atoms with E-state index in [2.05, 4.69) is 4.89 Å². The summed E-state index contributed by atoms with van der Waals surface area (Å²) in [6.45, 7) is 11.4. The molecule has 19 heavy (non-hydrogen) atoms. The molecule has 0 aromatic heterocycles. The van der Waals surface area contributed by atoms with Gasteiger partial charge in [0.15, 0.2) is 0 Å². The van der Waals surface area contributed by atoms with Crippen molar-refractivity contribution in [3.8, 4) is 0 Å². The highest BCUT2D eigenvalue weighted by Gasteiger charge is 2.55. The molecule has 0 saturated carbocycles. The summed E-state index contributed by atoms with van der Waals surface area (Å²) in [6, 6.07) is 0. The molecule has 112 valence electrons. The highest BCUT2D eigenvalue weighted by Crippen LogP contribution is 2.54. The number of carboxylic acids is 1. The Labute approximate surface area is 114 Å². The summed E-state index contributed by atoms with van der Waals surface area (Å²) in [5.74, 6) is -1.59. The lowest BCUT2D eigenvalue weighted by Crippen LogP contribution is -2.52. The molecule has 2 N–H and O–H groups in total. The Morgan fingerprint density at radius 2 is 1.42 bits per heavy atom. The van der Waals surface area contributed by atoms with E-state index >= 15 is 0 Å². The second kappa shape index (κ2) is 5.90. The minimum atomic E-state index is -0.963. The van der Waals surface area contributed by atoms with Crippen LogP contribution in [0.1, 0.15) is 60.8 Å². The van der Waals surface area contributed by atoms with Crippen molar-refractivity contribution >= 4 is 11.9 Å². The Bertz CT molecular complexity index is 319. The first-order valence-corrected chi connectivity index (χ1v) is 6.48. The molecule has 0 aromatic rings. The van der Waals surface area contributed by atoms with Crippen molar-refractivity contribution in [2.45, 2.75) is 60.8 Å². The first-order valence-electron chi connectivity index (χ1n) is 6.48. The van der Waals surface area contributed by atoms with Crippen molar-refractivity contribution in [1.29, 1.82) is 0 Å². The van der Waals surface area contributed by atoms with Gasteiger partial charge in [0, 0.05) is 6.42 Å². The molecule has 0 spiro atoms. The third-order valence-electron chi connectivity index (χ3n) is 3.96. The second-order valence-electron chi connectivity index (χ2n) is 7.03. The summed E-state index contributed by atoms with van der Waals surface area (Å²) in [6.07, 6.45) is 0.725. The minimum Gasteiger partial charge on any atom is -0.481 e. The Balaban J connectivity index is 5.29. The average Bonchev–Trinajstić information content (AvgIpc) is 2.19. The van der Waals surface area contributed by atoms with Crippen molar-refractivity contribution in [2.24, 2.45) is 16.2 Å². The lowest BCUT2D eigenvalue weighted by Gasteiger charge is -2.50. The molecule has 0 amide bonds. The Morgan fingerprint density at radius 3 is 1.68 bits per heavy atom. The maximum Gasteiger partial charge on any atom is 0.342 e. The number of carbonyl (C=O) groups is 2. The predicted octanol–water partition coefficient (Wildman–Crippen LogP) is 3.34. The van der Waals surface area contributed by atoms with Gasteiger partial charge in [-0.1, -0.05) is 41.5 Å². The van der Waals surface area contributed by atoms with Gasteiger partial charge in [0.1, 0.15) is 0 Å². The number of carbonyl (C=O) groups excluding carboxylic acids is 1. The molecule has 0 saturated heterocycles. The molecule has 0 rings (SSSR count). The summed E-state index contributed by atoms with van der Waals surface area (Å²) in [7, 11) is 0.